The third-order valence-corrected chi connectivity index (χ3v) is 19.4. The second-order valence-electron chi connectivity index (χ2n) is 20.0. The second kappa shape index (κ2) is 29.7. The quantitative estimate of drug-likeness (QED) is 0.0319. The molecule has 1 aliphatic rings. The normalized spacial score (nSPS) is 14.2. The monoisotopic (exact) mass is 857 g/mol. The maximum atomic E-state index is 2.79. The lowest BCUT2D eigenvalue weighted by molar-refractivity contribution is 0.661. The van der Waals surface area contributed by atoms with Gasteiger partial charge in [-0.05, 0) is 139 Å². The van der Waals surface area contributed by atoms with Gasteiger partial charge in [0.15, 0.2) is 8.07 Å². The number of unbranched alkanes of at least 4 members (excludes halogenated alkanes) is 18. The minimum atomic E-state index is -2.81. The van der Waals surface area contributed by atoms with Gasteiger partial charge < -0.3 is 0 Å². The zero-order valence-electron chi connectivity index (χ0n) is 42.1. The first kappa shape index (κ1) is 52.0. The van der Waals surface area contributed by atoms with Crippen LogP contribution in [0.25, 0.3) is 0 Å². The smallest absolute Gasteiger partial charge is 0.0777 e. The summed E-state index contributed by atoms with van der Waals surface area (Å²) in [6.07, 6.45) is 43.9. The Morgan fingerprint density at radius 1 is 0.339 bits per heavy atom. The van der Waals surface area contributed by atoms with Crippen LogP contribution >= 0.6 is 0 Å². The van der Waals surface area contributed by atoms with Gasteiger partial charge in [-0.25, -0.2) is 0 Å². The molecule has 0 spiro atoms. The Kier molecular flexibility index (Phi) is 24.9. The molecule has 0 heterocycles. The number of hydrogen-bond donors (Lipinski definition) is 0. The van der Waals surface area contributed by atoms with E-state index in [-0.39, 0.29) is 0 Å². The van der Waals surface area contributed by atoms with Gasteiger partial charge in [-0.2, -0.15) is 0 Å². The van der Waals surface area contributed by atoms with Crippen LogP contribution in [0.2, 0.25) is 0 Å². The van der Waals surface area contributed by atoms with E-state index in [0.29, 0.717) is 5.92 Å². The summed E-state index contributed by atoms with van der Waals surface area (Å²) >= 11 is 0. The maximum Gasteiger partial charge on any atom is 0.176 e. The van der Waals surface area contributed by atoms with Crippen LogP contribution in [0.4, 0.5) is 0 Å². The lowest BCUT2D eigenvalue weighted by Crippen LogP contribution is -2.70. The Hall–Kier alpha value is -2.64. The highest BCUT2D eigenvalue weighted by molar-refractivity contribution is 7.16. The van der Waals surface area contributed by atoms with E-state index in [0.717, 1.165) is 0 Å². The Labute approximate surface area is 386 Å². The second-order valence-corrected chi connectivity index (χ2v) is 23.7. The number of benzene rings is 3. The summed E-state index contributed by atoms with van der Waals surface area (Å²) in [5.41, 5.74) is 11.1. The van der Waals surface area contributed by atoms with E-state index in [4.69, 9.17) is 0 Å². The van der Waals surface area contributed by atoms with Crippen molar-refractivity contribution in [2.75, 3.05) is 0 Å². The van der Waals surface area contributed by atoms with Crippen molar-refractivity contribution in [2.45, 2.75) is 248 Å². The van der Waals surface area contributed by atoms with E-state index in [9.17, 15) is 0 Å². The van der Waals surface area contributed by atoms with Crippen molar-refractivity contribution in [3.05, 3.63) is 111 Å². The van der Waals surface area contributed by atoms with Gasteiger partial charge in [-0.15, -0.1) is 0 Å². The predicted octanol–water partition coefficient (Wildman–Crippen LogP) is 17.0. The minimum absolute atomic E-state index is 0.422. The molecule has 3 aromatic carbocycles. The molecular weight excluding hydrogens is 761 g/mol. The summed E-state index contributed by atoms with van der Waals surface area (Å²) in [5.74, 6) is 0.422. The van der Waals surface area contributed by atoms with Crippen molar-refractivity contribution in [1.29, 1.82) is 0 Å². The van der Waals surface area contributed by atoms with Crippen LogP contribution in [0.5, 0.6) is 0 Å². The van der Waals surface area contributed by atoms with Gasteiger partial charge in [0.1, 0.15) is 0 Å². The molecule has 3 aromatic rings. The summed E-state index contributed by atoms with van der Waals surface area (Å²) in [5, 5.41) is 6.81. The average Bonchev–Trinajstić information content (AvgIpc) is 3.61. The summed E-state index contributed by atoms with van der Waals surface area (Å²) in [7, 11) is -2.81. The number of allylic oxidation sites excluding steroid dienone is 4. The van der Waals surface area contributed by atoms with Crippen molar-refractivity contribution in [2.24, 2.45) is 5.92 Å². The Bertz CT molecular complexity index is 1490. The van der Waals surface area contributed by atoms with Gasteiger partial charge in [-0.1, -0.05) is 242 Å². The van der Waals surface area contributed by atoms with Gasteiger partial charge in [-0.3, -0.25) is 0 Å². The first-order valence-electron chi connectivity index (χ1n) is 27.1. The summed E-state index contributed by atoms with van der Waals surface area (Å²) in [6, 6.07) is 24.7. The molecular formula is C61H96Si. The first-order valence-corrected chi connectivity index (χ1v) is 29.1. The lowest BCUT2D eigenvalue weighted by Gasteiger charge is -2.40. The van der Waals surface area contributed by atoms with E-state index >= 15 is 0 Å². The molecule has 0 saturated carbocycles. The molecule has 4 rings (SSSR count). The Balaban J connectivity index is 2.13. The molecule has 1 atom stereocenters. The summed E-state index contributed by atoms with van der Waals surface area (Å²) < 4.78 is 0. The van der Waals surface area contributed by atoms with Crippen molar-refractivity contribution < 1.29 is 0 Å². The van der Waals surface area contributed by atoms with Gasteiger partial charge in [0.05, 0.1) is 0 Å². The average molecular weight is 858 g/mol. The fraction of sp³-hybridized carbons (Fsp3) is 0.639. The summed E-state index contributed by atoms with van der Waals surface area (Å²) in [6.45, 7) is 19.2. The molecule has 0 radical (unpaired) electrons. The van der Waals surface area contributed by atoms with Crippen molar-refractivity contribution >= 4 is 23.6 Å². The van der Waals surface area contributed by atoms with Crippen molar-refractivity contribution in [3.8, 4) is 0 Å². The van der Waals surface area contributed by atoms with Crippen LogP contribution in [-0.4, -0.2) is 8.07 Å². The van der Waals surface area contributed by atoms with Crippen LogP contribution in [0.1, 0.15) is 243 Å². The Morgan fingerprint density at radius 2 is 0.581 bits per heavy atom. The molecule has 1 unspecified atom stereocenters. The molecule has 0 aliphatic heterocycles. The molecule has 62 heavy (non-hydrogen) atoms. The predicted molar refractivity (Wildman–Crippen MR) is 282 cm³/mol. The largest absolute Gasteiger partial charge is 0.176 e. The van der Waals surface area contributed by atoms with Gasteiger partial charge >= 0.3 is 0 Å². The molecule has 0 bridgehead atoms. The standard InChI is InChI=1S/C61H96Si/c1-9-15-21-27-33-52-41-53(34-28-22-16-10-2)45-58(44-52)62(61-50(7)39-40-51(61)8,59-46-54(35-29-23-17-11-3)42-55(47-59)36-30-24-18-12-4)60-48-56(37-31-25-19-13-5)43-57(49-60)38-32-26-20-14-6/h39-50H,9-38H2,1-8H3. The molecule has 344 valence electrons. The van der Waals surface area contributed by atoms with E-state index in [1.165, 1.54) is 198 Å². The van der Waals surface area contributed by atoms with E-state index < -0.39 is 8.07 Å². The van der Waals surface area contributed by atoms with Crippen LogP contribution in [0.15, 0.2) is 77.5 Å². The highest BCUT2D eigenvalue weighted by atomic mass is 28.3. The highest BCUT2D eigenvalue weighted by Crippen LogP contribution is 2.35. The SMILES string of the molecule is CCCCCCc1cc(CCCCCC)cc([Si](C2=C(C)C=CC2C)(c2cc(CCCCCC)cc(CCCCCC)c2)c2cc(CCCCCC)cc(CCCCCC)c2)c1. The molecule has 1 heteroatoms. The molecule has 0 N–H and O–H groups in total. The third-order valence-electron chi connectivity index (χ3n) is 14.3. The van der Waals surface area contributed by atoms with Crippen LogP contribution in [0.3, 0.4) is 0 Å². The minimum Gasteiger partial charge on any atom is -0.0777 e. The molecule has 0 saturated heterocycles. The van der Waals surface area contributed by atoms with Crippen molar-refractivity contribution in [3.63, 3.8) is 0 Å². The lowest BCUT2D eigenvalue weighted by atomic mass is 10.00. The maximum absolute atomic E-state index is 2.81. The number of rotatable bonds is 34. The zero-order chi connectivity index (χ0) is 44.4. The number of aryl methyl sites for hydroxylation is 6. The third kappa shape index (κ3) is 16.1. The summed E-state index contributed by atoms with van der Waals surface area (Å²) in [4.78, 5) is 0. The van der Waals surface area contributed by atoms with E-state index in [1.54, 1.807) is 54.1 Å². The molecule has 0 aromatic heterocycles. The molecule has 0 nitrogen and oxygen atoms in total. The fourth-order valence-corrected chi connectivity index (χ4v) is 16.6. The molecule has 0 fully saturated rings. The van der Waals surface area contributed by atoms with Crippen molar-refractivity contribution in [1.82, 2.24) is 0 Å². The topological polar surface area (TPSA) is 0 Å². The van der Waals surface area contributed by atoms with E-state index in [2.05, 4.69) is 122 Å². The van der Waals surface area contributed by atoms with Gasteiger partial charge in [0.2, 0.25) is 0 Å². The van der Waals surface area contributed by atoms with Crippen LogP contribution < -0.4 is 15.6 Å². The van der Waals surface area contributed by atoms with E-state index in [1.807, 2.05) is 0 Å². The van der Waals surface area contributed by atoms with Crippen LogP contribution in [-0.2, 0) is 38.5 Å². The van der Waals surface area contributed by atoms with Gasteiger partial charge in [0, 0.05) is 0 Å². The zero-order valence-corrected chi connectivity index (χ0v) is 43.1. The van der Waals surface area contributed by atoms with Crippen LogP contribution in [0, 0.1) is 5.92 Å². The van der Waals surface area contributed by atoms with Gasteiger partial charge in [0.25, 0.3) is 0 Å². The molecule has 1 aliphatic carbocycles. The first-order chi connectivity index (χ1) is 30.3. The fourth-order valence-electron chi connectivity index (χ4n) is 10.8. The molecule has 0 amide bonds. The highest BCUT2D eigenvalue weighted by Gasteiger charge is 2.47. The Morgan fingerprint density at radius 3 is 0.774 bits per heavy atom. The number of hydrogen-bond acceptors (Lipinski definition) is 0.